The molecule has 3 unspecified atom stereocenters. The minimum absolute atomic E-state index is 0.680. The minimum atomic E-state index is 0.680. The maximum absolute atomic E-state index is 5.97. The van der Waals surface area contributed by atoms with Crippen molar-refractivity contribution in [3.05, 3.63) is 0 Å². The first-order valence-corrected chi connectivity index (χ1v) is 8.18. The van der Waals surface area contributed by atoms with Crippen molar-refractivity contribution in [3.8, 4) is 0 Å². The van der Waals surface area contributed by atoms with E-state index in [2.05, 4.69) is 18.7 Å². The summed E-state index contributed by atoms with van der Waals surface area (Å²) in [4.78, 5) is 2.77. The van der Waals surface area contributed by atoms with Crippen LogP contribution in [0, 0.1) is 11.8 Å². The summed E-state index contributed by atoms with van der Waals surface area (Å²) in [5.74, 6) is 1.84. The van der Waals surface area contributed by atoms with Crippen molar-refractivity contribution in [3.63, 3.8) is 0 Å². The van der Waals surface area contributed by atoms with E-state index in [-0.39, 0.29) is 0 Å². The molecule has 2 N–H and O–H groups in total. The van der Waals surface area contributed by atoms with Crippen LogP contribution in [0.25, 0.3) is 0 Å². The van der Waals surface area contributed by atoms with Crippen LogP contribution in [0.3, 0.4) is 0 Å². The monoisotopic (exact) mass is 252 g/mol. The molecule has 1 heterocycles. The third kappa shape index (κ3) is 3.48. The van der Waals surface area contributed by atoms with Crippen molar-refractivity contribution < 1.29 is 0 Å². The second kappa shape index (κ2) is 6.91. The highest BCUT2D eigenvalue weighted by atomic mass is 15.2. The van der Waals surface area contributed by atoms with Crippen molar-refractivity contribution in [2.24, 2.45) is 17.6 Å². The van der Waals surface area contributed by atoms with Gasteiger partial charge < -0.3 is 5.73 Å². The highest BCUT2D eigenvalue weighted by Gasteiger charge is 2.30. The molecule has 1 saturated heterocycles. The summed E-state index contributed by atoms with van der Waals surface area (Å²) in [6, 6.07) is 1.52. The average molecular weight is 252 g/mol. The summed E-state index contributed by atoms with van der Waals surface area (Å²) < 4.78 is 0. The quantitative estimate of drug-likeness (QED) is 0.780. The fraction of sp³-hybridized carbons (Fsp3) is 1.00. The summed E-state index contributed by atoms with van der Waals surface area (Å²) in [6.45, 7) is 6.96. The molecule has 0 radical (unpaired) electrons. The molecule has 0 bridgehead atoms. The topological polar surface area (TPSA) is 29.3 Å². The van der Waals surface area contributed by atoms with Gasteiger partial charge in [-0.25, -0.2) is 0 Å². The first-order chi connectivity index (χ1) is 8.72. The lowest BCUT2D eigenvalue weighted by atomic mass is 9.88. The Hall–Kier alpha value is -0.0800. The molecule has 18 heavy (non-hydrogen) atoms. The lowest BCUT2D eigenvalue weighted by molar-refractivity contribution is 0.0885. The maximum Gasteiger partial charge on any atom is 0.0221 e. The van der Waals surface area contributed by atoms with E-state index in [1.54, 1.807) is 0 Å². The number of rotatable bonds is 3. The molecule has 0 amide bonds. The maximum atomic E-state index is 5.97. The van der Waals surface area contributed by atoms with Gasteiger partial charge in [-0.3, -0.25) is 4.90 Å². The molecule has 106 valence electrons. The van der Waals surface area contributed by atoms with E-state index in [0.717, 1.165) is 24.4 Å². The number of likely N-dealkylation sites (tertiary alicyclic amines) is 1. The van der Waals surface area contributed by atoms with Crippen LogP contribution in [0.2, 0.25) is 0 Å². The first-order valence-electron chi connectivity index (χ1n) is 8.18. The molecule has 0 aromatic heterocycles. The number of hydrogen-bond acceptors (Lipinski definition) is 2. The van der Waals surface area contributed by atoms with Crippen LogP contribution in [0.15, 0.2) is 0 Å². The molecule has 2 heteroatoms. The van der Waals surface area contributed by atoms with Gasteiger partial charge in [0.05, 0.1) is 0 Å². The standard InChI is InChI=1S/C16H32N2/c1-13(2)14-6-5-8-15(10-9-14)18-11-4-3-7-16(18)12-17/h13-16H,3-12,17H2,1-2H3. The van der Waals surface area contributed by atoms with Crippen molar-refractivity contribution in [2.45, 2.75) is 77.3 Å². The molecule has 0 aromatic carbocycles. The van der Waals surface area contributed by atoms with Gasteiger partial charge in [-0.15, -0.1) is 0 Å². The van der Waals surface area contributed by atoms with Gasteiger partial charge in [0.25, 0.3) is 0 Å². The molecule has 2 fully saturated rings. The Labute approximate surface area is 113 Å². The van der Waals surface area contributed by atoms with E-state index >= 15 is 0 Å². The predicted octanol–water partition coefficient (Wildman–Crippen LogP) is 3.40. The normalized spacial score (nSPS) is 35.7. The van der Waals surface area contributed by atoms with Crippen molar-refractivity contribution >= 4 is 0 Å². The van der Waals surface area contributed by atoms with Crippen LogP contribution in [0.4, 0.5) is 0 Å². The molecule has 1 aliphatic carbocycles. The predicted molar refractivity (Wildman–Crippen MR) is 78.6 cm³/mol. The summed E-state index contributed by atoms with van der Waals surface area (Å²) >= 11 is 0. The lowest BCUT2D eigenvalue weighted by Crippen LogP contribution is -2.49. The smallest absolute Gasteiger partial charge is 0.0221 e. The second-order valence-electron chi connectivity index (χ2n) is 6.79. The Morgan fingerprint density at radius 1 is 1.00 bits per heavy atom. The summed E-state index contributed by atoms with van der Waals surface area (Å²) in [6.07, 6.45) is 11.3. The van der Waals surface area contributed by atoms with E-state index in [1.807, 2.05) is 0 Å². The molecule has 0 aromatic rings. The van der Waals surface area contributed by atoms with E-state index in [0.29, 0.717) is 6.04 Å². The van der Waals surface area contributed by atoms with E-state index < -0.39 is 0 Å². The summed E-state index contributed by atoms with van der Waals surface area (Å²) in [5.41, 5.74) is 5.97. The molecule has 3 atom stereocenters. The average Bonchev–Trinajstić information content (AvgIpc) is 2.64. The number of hydrogen-bond donors (Lipinski definition) is 1. The molecule has 2 rings (SSSR count). The Morgan fingerprint density at radius 3 is 2.56 bits per heavy atom. The third-order valence-electron chi connectivity index (χ3n) is 5.34. The highest BCUT2D eigenvalue weighted by Crippen LogP contribution is 2.33. The van der Waals surface area contributed by atoms with Crippen LogP contribution < -0.4 is 5.73 Å². The SMILES string of the molecule is CC(C)C1CCCC(N2CCCCC2CN)CC1. The molecule has 1 saturated carbocycles. The van der Waals surface area contributed by atoms with Crippen LogP contribution >= 0.6 is 0 Å². The Morgan fingerprint density at radius 2 is 1.83 bits per heavy atom. The molecule has 0 spiro atoms. The van der Waals surface area contributed by atoms with Crippen LogP contribution in [0.1, 0.15) is 65.2 Å². The van der Waals surface area contributed by atoms with E-state index in [1.165, 1.54) is 57.9 Å². The number of nitrogens with two attached hydrogens (primary N) is 1. The van der Waals surface area contributed by atoms with Crippen LogP contribution in [0.5, 0.6) is 0 Å². The lowest BCUT2D eigenvalue weighted by Gasteiger charge is -2.40. The van der Waals surface area contributed by atoms with Crippen molar-refractivity contribution in [2.75, 3.05) is 13.1 Å². The zero-order valence-electron chi connectivity index (χ0n) is 12.4. The summed E-state index contributed by atoms with van der Waals surface area (Å²) in [5, 5.41) is 0. The Balaban J connectivity index is 1.91. The summed E-state index contributed by atoms with van der Waals surface area (Å²) in [7, 11) is 0. The van der Waals surface area contributed by atoms with Crippen molar-refractivity contribution in [1.82, 2.24) is 4.90 Å². The first kappa shape index (κ1) is 14.3. The second-order valence-corrected chi connectivity index (χ2v) is 6.79. The number of nitrogens with zero attached hydrogens (tertiary/aromatic N) is 1. The Kier molecular flexibility index (Phi) is 5.50. The molecule has 2 nitrogen and oxygen atoms in total. The van der Waals surface area contributed by atoms with Gasteiger partial charge >= 0.3 is 0 Å². The largest absolute Gasteiger partial charge is 0.329 e. The Bertz CT molecular complexity index is 239. The highest BCUT2D eigenvalue weighted by molar-refractivity contribution is 4.86. The molecular formula is C16H32N2. The third-order valence-corrected chi connectivity index (χ3v) is 5.34. The number of piperidine rings is 1. The van der Waals surface area contributed by atoms with Gasteiger partial charge in [0.1, 0.15) is 0 Å². The van der Waals surface area contributed by atoms with Crippen LogP contribution in [-0.2, 0) is 0 Å². The van der Waals surface area contributed by atoms with Gasteiger partial charge in [0, 0.05) is 18.6 Å². The van der Waals surface area contributed by atoms with E-state index in [4.69, 9.17) is 5.73 Å². The minimum Gasteiger partial charge on any atom is -0.329 e. The van der Waals surface area contributed by atoms with Gasteiger partial charge in [0.15, 0.2) is 0 Å². The van der Waals surface area contributed by atoms with Crippen LogP contribution in [-0.4, -0.2) is 30.1 Å². The van der Waals surface area contributed by atoms with Gasteiger partial charge in [-0.1, -0.05) is 33.1 Å². The van der Waals surface area contributed by atoms with E-state index in [9.17, 15) is 0 Å². The molecule has 2 aliphatic rings. The zero-order valence-corrected chi connectivity index (χ0v) is 12.4. The van der Waals surface area contributed by atoms with Gasteiger partial charge in [-0.2, -0.15) is 0 Å². The fourth-order valence-corrected chi connectivity index (χ4v) is 4.07. The zero-order chi connectivity index (χ0) is 13.0. The van der Waals surface area contributed by atoms with Crippen molar-refractivity contribution in [1.29, 1.82) is 0 Å². The van der Waals surface area contributed by atoms with Gasteiger partial charge in [-0.05, 0) is 50.5 Å². The molecule has 1 aliphatic heterocycles. The fourth-order valence-electron chi connectivity index (χ4n) is 4.07. The molecular weight excluding hydrogens is 220 g/mol. The van der Waals surface area contributed by atoms with Gasteiger partial charge in [0.2, 0.25) is 0 Å².